The van der Waals surface area contributed by atoms with Crippen LogP contribution in [0.4, 0.5) is 0 Å². The van der Waals surface area contributed by atoms with E-state index < -0.39 is 0 Å². The van der Waals surface area contributed by atoms with Gasteiger partial charge in [0.25, 0.3) is 0 Å². The van der Waals surface area contributed by atoms with Gasteiger partial charge in [-0.05, 0) is 39.8 Å². The van der Waals surface area contributed by atoms with Crippen LogP contribution in [0.1, 0.15) is 33.5 Å². The summed E-state index contributed by atoms with van der Waals surface area (Å²) >= 11 is 0. The van der Waals surface area contributed by atoms with Gasteiger partial charge in [0.1, 0.15) is 11.6 Å². The number of nitrogens with zero attached hydrogens (tertiary/aromatic N) is 2. The lowest BCUT2D eigenvalue weighted by Crippen LogP contribution is -2.24. The first-order valence-electron chi connectivity index (χ1n) is 5.86. The molecule has 0 N–H and O–H groups in total. The molecule has 0 aliphatic rings. The maximum absolute atomic E-state index is 11.3. The molecule has 0 unspecified atom stereocenters. The third kappa shape index (κ3) is 2.23. The van der Waals surface area contributed by atoms with Gasteiger partial charge in [0, 0.05) is 5.54 Å². The summed E-state index contributed by atoms with van der Waals surface area (Å²) in [5.74, 6) is 0.997. The third-order valence-electron chi connectivity index (χ3n) is 2.71. The average Bonchev–Trinajstić information content (AvgIpc) is 2.53. The van der Waals surface area contributed by atoms with Crippen LogP contribution in [-0.4, -0.2) is 15.3 Å². The minimum absolute atomic E-state index is 0.0686. The molecule has 1 heterocycles. The monoisotopic (exact) mass is 230 g/mol. The van der Waals surface area contributed by atoms with Crippen molar-refractivity contribution in [3.8, 4) is 0 Å². The number of carbonyl (C=O) groups excluding carboxylic acids is 1. The van der Waals surface area contributed by atoms with Crippen LogP contribution >= 0.6 is 0 Å². The molecule has 0 saturated carbocycles. The zero-order chi connectivity index (χ0) is 12.6. The zero-order valence-corrected chi connectivity index (χ0v) is 10.8. The summed E-state index contributed by atoms with van der Waals surface area (Å²) in [6.07, 6.45) is 0.395. The molecule has 0 saturated heterocycles. The van der Waals surface area contributed by atoms with Crippen molar-refractivity contribution in [1.82, 2.24) is 9.55 Å². The molecule has 0 bridgehead atoms. The standard InChI is InChI=1S/C14H18N2O/c1-10(17)9-13-15-11-7-5-6-8-12(11)16(13)14(2,3)4/h5-8H,9H2,1-4H3. The van der Waals surface area contributed by atoms with Gasteiger partial charge in [-0.15, -0.1) is 0 Å². The van der Waals surface area contributed by atoms with Gasteiger partial charge in [-0.25, -0.2) is 4.98 Å². The van der Waals surface area contributed by atoms with Gasteiger partial charge in [0.2, 0.25) is 0 Å². The van der Waals surface area contributed by atoms with Crippen molar-refractivity contribution in [1.29, 1.82) is 0 Å². The van der Waals surface area contributed by atoms with E-state index >= 15 is 0 Å². The number of imidazole rings is 1. The van der Waals surface area contributed by atoms with Crippen LogP contribution in [0.2, 0.25) is 0 Å². The number of para-hydroxylation sites is 2. The molecular weight excluding hydrogens is 212 g/mol. The lowest BCUT2D eigenvalue weighted by molar-refractivity contribution is -0.116. The fraction of sp³-hybridized carbons (Fsp3) is 0.429. The second kappa shape index (κ2) is 3.99. The average molecular weight is 230 g/mol. The smallest absolute Gasteiger partial charge is 0.137 e. The quantitative estimate of drug-likeness (QED) is 0.795. The van der Waals surface area contributed by atoms with Gasteiger partial charge >= 0.3 is 0 Å². The van der Waals surface area contributed by atoms with Crippen LogP contribution in [-0.2, 0) is 16.8 Å². The SMILES string of the molecule is CC(=O)Cc1nc2ccccc2n1C(C)(C)C. The lowest BCUT2D eigenvalue weighted by Gasteiger charge is -2.24. The summed E-state index contributed by atoms with van der Waals surface area (Å²) in [6.45, 7) is 7.99. The van der Waals surface area contributed by atoms with Gasteiger partial charge in [-0.2, -0.15) is 0 Å². The number of rotatable bonds is 2. The maximum Gasteiger partial charge on any atom is 0.137 e. The first kappa shape index (κ1) is 11.8. The molecule has 3 heteroatoms. The zero-order valence-electron chi connectivity index (χ0n) is 10.8. The molecular formula is C14H18N2O. The van der Waals surface area contributed by atoms with Gasteiger partial charge in [-0.3, -0.25) is 4.79 Å². The Kier molecular flexibility index (Phi) is 2.77. The van der Waals surface area contributed by atoms with Crippen LogP contribution in [0.15, 0.2) is 24.3 Å². The molecule has 17 heavy (non-hydrogen) atoms. The van der Waals surface area contributed by atoms with Gasteiger partial charge in [-0.1, -0.05) is 12.1 Å². The number of aromatic nitrogens is 2. The Hall–Kier alpha value is -1.64. The molecule has 3 nitrogen and oxygen atoms in total. The maximum atomic E-state index is 11.3. The Balaban J connectivity index is 2.69. The van der Waals surface area contributed by atoms with Gasteiger partial charge in [0.15, 0.2) is 0 Å². The molecule has 0 aliphatic carbocycles. The highest BCUT2D eigenvalue weighted by molar-refractivity contribution is 5.81. The molecule has 0 aliphatic heterocycles. The molecule has 1 aromatic carbocycles. The normalized spacial score (nSPS) is 12.0. The molecule has 0 fully saturated rings. The van der Waals surface area contributed by atoms with E-state index in [4.69, 9.17) is 0 Å². The lowest BCUT2D eigenvalue weighted by atomic mass is 10.1. The first-order chi connectivity index (χ1) is 7.89. The Morgan fingerprint density at radius 1 is 1.29 bits per heavy atom. The second-order valence-electron chi connectivity index (χ2n) is 5.40. The van der Waals surface area contributed by atoms with Crippen molar-refractivity contribution in [2.24, 2.45) is 0 Å². The van der Waals surface area contributed by atoms with Crippen molar-refractivity contribution in [2.45, 2.75) is 39.7 Å². The van der Waals surface area contributed by atoms with Crippen LogP contribution in [0.25, 0.3) is 11.0 Å². The Morgan fingerprint density at radius 3 is 2.53 bits per heavy atom. The predicted molar refractivity (Wildman–Crippen MR) is 69.1 cm³/mol. The number of benzene rings is 1. The summed E-state index contributed by atoms with van der Waals surface area (Å²) in [4.78, 5) is 15.9. The highest BCUT2D eigenvalue weighted by atomic mass is 16.1. The number of fused-ring (bicyclic) bond motifs is 1. The summed E-state index contributed by atoms with van der Waals surface area (Å²) in [6, 6.07) is 8.02. The van der Waals surface area contributed by atoms with Crippen molar-refractivity contribution >= 4 is 16.8 Å². The minimum Gasteiger partial charge on any atom is -0.322 e. The molecule has 0 spiro atoms. The van der Waals surface area contributed by atoms with Crippen LogP contribution in [0, 0.1) is 0 Å². The Bertz CT molecular complexity index is 561. The highest BCUT2D eigenvalue weighted by Crippen LogP contribution is 2.25. The van der Waals surface area contributed by atoms with Crippen LogP contribution < -0.4 is 0 Å². The fourth-order valence-electron chi connectivity index (χ4n) is 2.17. The van der Waals surface area contributed by atoms with E-state index in [1.807, 2.05) is 18.2 Å². The Labute approximate surface area is 101 Å². The minimum atomic E-state index is -0.0686. The van der Waals surface area contributed by atoms with Crippen molar-refractivity contribution in [2.75, 3.05) is 0 Å². The van der Waals surface area contributed by atoms with E-state index in [1.54, 1.807) is 6.92 Å². The van der Waals surface area contributed by atoms with Crippen molar-refractivity contribution in [3.05, 3.63) is 30.1 Å². The molecule has 1 aromatic heterocycles. The summed E-state index contributed by atoms with van der Waals surface area (Å²) < 4.78 is 2.16. The molecule has 0 amide bonds. The summed E-state index contributed by atoms with van der Waals surface area (Å²) in [5.41, 5.74) is 1.98. The van der Waals surface area contributed by atoms with E-state index in [9.17, 15) is 4.79 Å². The van der Waals surface area contributed by atoms with Crippen molar-refractivity contribution < 1.29 is 4.79 Å². The molecule has 2 rings (SSSR count). The molecule has 90 valence electrons. The fourth-order valence-corrected chi connectivity index (χ4v) is 2.17. The number of carbonyl (C=O) groups is 1. The van der Waals surface area contributed by atoms with Gasteiger partial charge < -0.3 is 4.57 Å². The first-order valence-corrected chi connectivity index (χ1v) is 5.86. The van der Waals surface area contributed by atoms with E-state index in [0.717, 1.165) is 16.9 Å². The predicted octanol–water partition coefficient (Wildman–Crippen LogP) is 2.92. The number of hydrogen-bond acceptors (Lipinski definition) is 2. The van der Waals surface area contributed by atoms with Crippen LogP contribution in [0.5, 0.6) is 0 Å². The van der Waals surface area contributed by atoms with Gasteiger partial charge in [0.05, 0.1) is 17.5 Å². The molecule has 0 atom stereocenters. The summed E-state index contributed by atoms with van der Waals surface area (Å²) in [7, 11) is 0. The van der Waals surface area contributed by atoms with E-state index in [1.165, 1.54) is 0 Å². The largest absolute Gasteiger partial charge is 0.322 e. The number of Topliss-reactive ketones (excluding diaryl/α,β-unsaturated/α-hetero) is 1. The number of ketones is 1. The van der Waals surface area contributed by atoms with Crippen molar-refractivity contribution in [3.63, 3.8) is 0 Å². The third-order valence-corrected chi connectivity index (χ3v) is 2.71. The van der Waals surface area contributed by atoms with Crippen LogP contribution in [0.3, 0.4) is 0 Å². The van der Waals surface area contributed by atoms with E-state index in [-0.39, 0.29) is 11.3 Å². The summed E-state index contributed by atoms with van der Waals surface area (Å²) in [5, 5.41) is 0. The van der Waals surface area contributed by atoms with E-state index in [2.05, 4.69) is 36.4 Å². The molecule has 0 radical (unpaired) electrons. The highest BCUT2D eigenvalue weighted by Gasteiger charge is 2.21. The Morgan fingerprint density at radius 2 is 1.94 bits per heavy atom. The second-order valence-corrected chi connectivity index (χ2v) is 5.40. The molecule has 2 aromatic rings. The topological polar surface area (TPSA) is 34.9 Å². The van der Waals surface area contributed by atoms with E-state index in [0.29, 0.717) is 6.42 Å². The number of hydrogen-bond donors (Lipinski definition) is 0.